The highest BCUT2D eigenvalue weighted by atomic mass is 19.2. The fourth-order valence-corrected chi connectivity index (χ4v) is 1.98. The van der Waals surface area contributed by atoms with E-state index in [1.54, 1.807) is 0 Å². The van der Waals surface area contributed by atoms with Crippen molar-refractivity contribution in [2.75, 3.05) is 14.2 Å². The highest BCUT2D eigenvalue weighted by molar-refractivity contribution is 6.67. The molecule has 0 aliphatic carbocycles. The van der Waals surface area contributed by atoms with E-state index in [4.69, 9.17) is 0 Å². The Kier molecular flexibility index (Phi) is 4.58. The molecule has 2 nitrogen and oxygen atoms in total. The number of benzene rings is 2. The number of rotatable bonds is 4. The van der Waals surface area contributed by atoms with Gasteiger partial charge < -0.3 is 9.47 Å². The van der Waals surface area contributed by atoms with Crippen LogP contribution in [0.1, 0.15) is 0 Å². The van der Waals surface area contributed by atoms with Crippen molar-refractivity contribution in [3.63, 3.8) is 0 Å². The molecule has 0 fully saturated rings. The fraction of sp³-hybridized carbons (Fsp3) is 0.143. The molecule has 2 aromatic rings. The van der Waals surface area contributed by atoms with Gasteiger partial charge in [0, 0.05) is 18.2 Å². The van der Waals surface area contributed by atoms with Crippen LogP contribution in [0.2, 0.25) is 0 Å². The van der Waals surface area contributed by atoms with Gasteiger partial charge in [0.15, 0.2) is 23.2 Å². The van der Waals surface area contributed by atoms with E-state index in [2.05, 4.69) is 9.47 Å². The molecule has 0 radical (unpaired) electrons. The Morgan fingerprint density at radius 3 is 1.82 bits per heavy atom. The summed E-state index contributed by atoms with van der Waals surface area (Å²) in [7, 11) is 1.46. The van der Waals surface area contributed by atoms with Crippen molar-refractivity contribution in [3.8, 4) is 11.5 Å². The number of ether oxygens (including phenoxy) is 2. The first-order valence-electron chi connectivity index (χ1n) is 6.11. The summed E-state index contributed by atoms with van der Waals surface area (Å²) in [5, 5.41) is 0. The fourth-order valence-electron chi connectivity index (χ4n) is 1.98. The molecule has 116 valence electrons. The van der Waals surface area contributed by atoms with Crippen LogP contribution < -0.4 is 20.4 Å². The van der Waals surface area contributed by atoms with E-state index in [-0.39, 0.29) is 5.75 Å². The van der Waals surface area contributed by atoms with Crippen LogP contribution in [-0.4, -0.2) is 21.5 Å². The third-order valence-corrected chi connectivity index (χ3v) is 3.14. The molecule has 0 spiro atoms. The molecule has 0 amide bonds. The van der Waals surface area contributed by atoms with E-state index in [0.717, 1.165) is 19.2 Å². The molecule has 0 unspecified atom stereocenters. The average Bonchev–Trinajstić information content (AvgIpc) is 2.49. The molecule has 2 rings (SSSR count). The van der Waals surface area contributed by atoms with E-state index in [1.165, 1.54) is 7.11 Å². The van der Waals surface area contributed by atoms with Gasteiger partial charge in [0.05, 0.1) is 14.2 Å². The van der Waals surface area contributed by atoms with Crippen molar-refractivity contribution >= 4 is 18.2 Å². The van der Waals surface area contributed by atoms with Crippen molar-refractivity contribution in [1.82, 2.24) is 0 Å². The van der Waals surface area contributed by atoms with Gasteiger partial charge in [-0.1, -0.05) is 0 Å². The van der Waals surface area contributed by atoms with Gasteiger partial charge in [0.1, 0.15) is 17.4 Å². The van der Waals surface area contributed by atoms with Crippen LogP contribution in [0.5, 0.6) is 11.5 Å². The highest BCUT2D eigenvalue weighted by Gasteiger charge is 2.23. The van der Waals surface area contributed by atoms with Crippen LogP contribution in [0, 0.1) is 29.1 Å². The topological polar surface area (TPSA) is 18.5 Å². The normalized spacial score (nSPS) is 10.5. The van der Waals surface area contributed by atoms with Crippen LogP contribution in [-0.2, 0) is 0 Å². The van der Waals surface area contributed by atoms with Crippen LogP contribution in [0.4, 0.5) is 22.0 Å². The predicted octanol–water partition coefficient (Wildman–Crippen LogP) is 1.79. The van der Waals surface area contributed by atoms with Gasteiger partial charge in [-0.05, 0) is 10.9 Å². The lowest BCUT2D eigenvalue weighted by molar-refractivity contribution is 0.379. The molecular formula is C14H10BF5O2. The number of methoxy groups -OCH3 is 2. The zero-order valence-electron chi connectivity index (χ0n) is 11.6. The molecule has 0 aliphatic heterocycles. The average molecular weight is 316 g/mol. The second-order valence-electron chi connectivity index (χ2n) is 4.41. The van der Waals surface area contributed by atoms with Crippen molar-refractivity contribution < 1.29 is 31.4 Å². The van der Waals surface area contributed by atoms with Gasteiger partial charge in [-0.15, -0.1) is 0 Å². The van der Waals surface area contributed by atoms with Crippen molar-refractivity contribution in [3.05, 3.63) is 47.3 Å². The predicted molar refractivity (Wildman–Crippen MR) is 72.2 cm³/mol. The van der Waals surface area contributed by atoms with Crippen LogP contribution in [0.15, 0.2) is 18.2 Å². The number of hydrogen-bond acceptors (Lipinski definition) is 2. The SMILES string of the molecule is COc1cc(F)c(Bc2c(F)c(F)cc(OC)c2F)c(F)c1. The molecule has 0 N–H and O–H groups in total. The van der Waals surface area contributed by atoms with Crippen LogP contribution >= 0.6 is 0 Å². The maximum absolute atomic E-state index is 14.0. The molecule has 0 bridgehead atoms. The van der Waals surface area contributed by atoms with Crippen molar-refractivity contribution in [2.24, 2.45) is 0 Å². The first kappa shape index (κ1) is 16.1. The largest absolute Gasteiger partial charge is 0.497 e. The summed E-state index contributed by atoms with van der Waals surface area (Å²) >= 11 is 0. The Labute approximate surface area is 123 Å². The van der Waals surface area contributed by atoms with Gasteiger partial charge in [-0.2, -0.15) is 0 Å². The summed E-state index contributed by atoms with van der Waals surface area (Å²) in [5.41, 5.74) is -1.42. The van der Waals surface area contributed by atoms with Gasteiger partial charge in [0.25, 0.3) is 0 Å². The van der Waals surface area contributed by atoms with E-state index in [9.17, 15) is 22.0 Å². The summed E-state index contributed by atoms with van der Waals surface area (Å²) in [6, 6.07) is 2.25. The number of halogens is 5. The minimum atomic E-state index is -1.52. The molecule has 0 saturated carbocycles. The van der Waals surface area contributed by atoms with Gasteiger partial charge in [-0.3, -0.25) is 0 Å². The second kappa shape index (κ2) is 6.25. The molecule has 0 atom stereocenters. The zero-order valence-corrected chi connectivity index (χ0v) is 11.6. The minimum absolute atomic E-state index is 0.0866. The first-order valence-corrected chi connectivity index (χ1v) is 6.11. The van der Waals surface area contributed by atoms with Crippen LogP contribution in [0.25, 0.3) is 0 Å². The lowest BCUT2D eigenvalue weighted by atomic mass is 9.63. The maximum atomic E-state index is 14.0. The highest BCUT2D eigenvalue weighted by Crippen LogP contribution is 2.19. The molecule has 0 aromatic heterocycles. The maximum Gasteiger partial charge on any atom is 0.208 e. The monoisotopic (exact) mass is 316 g/mol. The van der Waals surface area contributed by atoms with Gasteiger partial charge in [-0.25, -0.2) is 22.0 Å². The lowest BCUT2D eigenvalue weighted by Crippen LogP contribution is -2.37. The molecule has 0 saturated heterocycles. The van der Waals surface area contributed by atoms with Crippen molar-refractivity contribution in [1.29, 1.82) is 0 Å². The summed E-state index contributed by atoms with van der Waals surface area (Å²) < 4.78 is 78.1. The standard InChI is InChI=1S/C14H10BF5O2/c1-21-6-3-7(16)11(8(17)4-6)15-12-13(19)9(18)5-10(22-2)14(12)20/h3-5,15H,1-2H3. The van der Waals surface area contributed by atoms with Crippen molar-refractivity contribution in [2.45, 2.75) is 0 Å². The quantitative estimate of drug-likeness (QED) is 0.486. The first-order chi connectivity index (χ1) is 10.4. The molecule has 0 heterocycles. The molecule has 0 aliphatic rings. The molecule has 22 heavy (non-hydrogen) atoms. The minimum Gasteiger partial charge on any atom is -0.497 e. The number of hydrogen-bond donors (Lipinski definition) is 0. The Bertz CT molecular complexity index is 698. The third-order valence-electron chi connectivity index (χ3n) is 3.14. The van der Waals surface area contributed by atoms with E-state index < -0.39 is 53.0 Å². The van der Waals surface area contributed by atoms with Gasteiger partial charge in [0.2, 0.25) is 7.28 Å². The van der Waals surface area contributed by atoms with Crippen LogP contribution in [0.3, 0.4) is 0 Å². The summed E-state index contributed by atoms with van der Waals surface area (Å²) in [6.45, 7) is 0. The Balaban J connectivity index is 2.54. The van der Waals surface area contributed by atoms with E-state index >= 15 is 0 Å². The summed E-state index contributed by atoms with van der Waals surface area (Å²) in [4.78, 5) is 0. The zero-order chi connectivity index (χ0) is 16.4. The van der Waals surface area contributed by atoms with E-state index in [1.807, 2.05) is 0 Å². The van der Waals surface area contributed by atoms with Gasteiger partial charge >= 0.3 is 0 Å². The van der Waals surface area contributed by atoms with E-state index in [0.29, 0.717) is 6.07 Å². The Hall–Kier alpha value is -2.25. The Morgan fingerprint density at radius 1 is 0.727 bits per heavy atom. The third kappa shape index (κ3) is 2.86. The smallest absolute Gasteiger partial charge is 0.208 e. The Morgan fingerprint density at radius 2 is 1.32 bits per heavy atom. The summed E-state index contributed by atoms with van der Waals surface area (Å²) in [5.74, 6) is -6.86. The molecule has 2 aromatic carbocycles. The summed E-state index contributed by atoms with van der Waals surface area (Å²) in [6.07, 6.45) is 0. The second-order valence-corrected chi connectivity index (χ2v) is 4.41. The molecule has 8 heteroatoms. The lowest BCUT2D eigenvalue weighted by Gasteiger charge is -2.11. The molecular weight excluding hydrogens is 306 g/mol.